The lowest BCUT2D eigenvalue weighted by atomic mass is 9.94. The zero-order chi connectivity index (χ0) is 15.2. The monoisotopic (exact) mass is 277 g/mol. The van der Waals surface area contributed by atoms with Crippen molar-refractivity contribution in [3.05, 3.63) is 35.9 Å². The first-order valence-electron chi connectivity index (χ1n) is 7.61. The third-order valence-corrected chi connectivity index (χ3v) is 3.15. The number of hydrogen-bond donors (Lipinski definition) is 1. The molecule has 1 unspecified atom stereocenters. The third kappa shape index (κ3) is 7.66. The molecular formula is C18H31NO. The lowest BCUT2D eigenvalue weighted by Crippen LogP contribution is -2.39. The Labute approximate surface area is 124 Å². The van der Waals surface area contributed by atoms with Gasteiger partial charge in [0.25, 0.3) is 0 Å². The van der Waals surface area contributed by atoms with Gasteiger partial charge in [-0.15, -0.1) is 0 Å². The predicted molar refractivity (Wildman–Crippen MR) is 87.3 cm³/mol. The molecule has 0 spiro atoms. The van der Waals surface area contributed by atoms with Gasteiger partial charge in [-0.25, -0.2) is 0 Å². The van der Waals surface area contributed by atoms with Gasteiger partial charge in [0.1, 0.15) is 0 Å². The lowest BCUT2D eigenvalue weighted by Gasteiger charge is -2.27. The maximum Gasteiger partial charge on any atom is 0.0598 e. The van der Waals surface area contributed by atoms with Gasteiger partial charge in [0.2, 0.25) is 0 Å². The highest BCUT2D eigenvalue weighted by atomic mass is 16.5. The summed E-state index contributed by atoms with van der Waals surface area (Å²) >= 11 is 0. The second-order valence-corrected chi connectivity index (χ2v) is 7.49. The summed E-state index contributed by atoms with van der Waals surface area (Å²) in [5.74, 6) is 0.498. The van der Waals surface area contributed by atoms with E-state index in [0.717, 1.165) is 19.6 Å². The Kier molecular flexibility index (Phi) is 6.22. The molecule has 1 rings (SSSR count). The van der Waals surface area contributed by atoms with Crippen LogP contribution in [0, 0.1) is 0 Å². The minimum Gasteiger partial charge on any atom is -0.376 e. The second-order valence-electron chi connectivity index (χ2n) is 7.49. The van der Waals surface area contributed by atoms with Gasteiger partial charge < -0.3 is 10.1 Å². The van der Waals surface area contributed by atoms with Crippen molar-refractivity contribution in [2.24, 2.45) is 0 Å². The fourth-order valence-electron chi connectivity index (χ4n) is 2.05. The molecule has 0 aromatic heterocycles. The van der Waals surface area contributed by atoms with Crippen LogP contribution in [0.5, 0.6) is 0 Å². The van der Waals surface area contributed by atoms with E-state index in [1.807, 2.05) is 0 Å². The van der Waals surface area contributed by atoms with Crippen molar-refractivity contribution in [1.82, 2.24) is 5.32 Å². The van der Waals surface area contributed by atoms with E-state index in [2.05, 4.69) is 77.2 Å². The Hall–Kier alpha value is -0.860. The molecule has 1 N–H and O–H groups in total. The minimum atomic E-state index is -0.0569. The molecule has 2 heteroatoms. The summed E-state index contributed by atoms with van der Waals surface area (Å²) in [7, 11) is 0. The summed E-state index contributed by atoms with van der Waals surface area (Å²) in [6.07, 6.45) is 1.05. The average molecular weight is 277 g/mol. The molecule has 1 atom stereocenters. The molecule has 114 valence electrons. The van der Waals surface area contributed by atoms with Crippen LogP contribution >= 0.6 is 0 Å². The van der Waals surface area contributed by atoms with Crippen molar-refractivity contribution in [1.29, 1.82) is 0 Å². The average Bonchev–Trinajstić information content (AvgIpc) is 2.32. The Morgan fingerprint density at radius 2 is 1.60 bits per heavy atom. The molecule has 0 heterocycles. The van der Waals surface area contributed by atoms with E-state index in [1.165, 1.54) is 5.56 Å². The first-order valence-corrected chi connectivity index (χ1v) is 7.61. The maximum atomic E-state index is 5.89. The quantitative estimate of drug-likeness (QED) is 0.834. The predicted octanol–water partition coefficient (Wildman–Crippen LogP) is 4.36. The molecule has 20 heavy (non-hydrogen) atoms. The number of hydrogen-bond acceptors (Lipinski definition) is 2. The Balaban J connectivity index is 2.60. The van der Waals surface area contributed by atoms with E-state index in [0.29, 0.717) is 5.92 Å². The van der Waals surface area contributed by atoms with E-state index in [1.54, 1.807) is 0 Å². The molecule has 0 amide bonds. The summed E-state index contributed by atoms with van der Waals surface area (Å²) in [4.78, 5) is 0. The number of benzene rings is 1. The SMILES string of the molecule is CC(C)(C)NCC(CCOC(C)(C)C)c1ccccc1. The molecule has 0 bridgehead atoms. The topological polar surface area (TPSA) is 21.3 Å². The molecule has 1 aromatic rings. The number of nitrogens with one attached hydrogen (secondary N) is 1. The van der Waals surface area contributed by atoms with Crippen LogP contribution in [0.2, 0.25) is 0 Å². The molecule has 1 aromatic carbocycles. The third-order valence-electron chi connectivity index (χ3n) is 3.15. The largest absolute Gasteiger partial charge is 0.376 e. The van der Waals surface area contributed by atoms with Gasteiger partial charge in [-0.3, -0.25) is 0 Å². The van der Waals surface area contributed by atoms with E-state index < -0.39 is 0 Å². The molecule has 0 radical (unpaired) electrons. The molecule has 0 saturated heterocycles. The molecule has 0 aliphatic carbocycles. The summed E-state index contributed by atoms with van der Waals surface area (Å²) in [6.45, 7) is 14.7. The van der Waals surface area contributed by atoms with Crippen molar-refractivity contribution in [2.75, 3.05) is 13.2 Å². The smallest absolute Gasteiger partial charge is 0.0598 e. The second kappa shape index (κ2) is 7.24. The summed E-state index contributed by atoms with van der Waals surface area (Å²) in [5.41, 5.74) is 1.48. The van der Waals surface area contributed by atoms with Gasteiger partial charge in [0.05, 0.1) is 5.60 Å². The molecule has 2 nitrogen and oxygen atoms in total. The Morgan fingerprint density at radius 1 is 1.00 bits per heavy atom. The van der Waals surface area contributed by atoms with Crippen LogP contribution in [0.25, 0.3) is 0 Å². The molecule has 0 aliphatic rings. The van der Waals surface area contributed by atoms with Crippen molar-refractivity contribution in [3.8, 4) is 0 Å². The summed E-state index contributed by atoms with van der Waals surface area (Å²) in [6, 6.07) is 10.7. The normalized spacial score (nSPS) is 14.3. The first kappa shape index (κ1) is 17.2. The van der Waals surface area contributed by atoms with E-state index in [-0.39, 0.29) is 11.1 Å². The van der Waals surface area contributed by atoms with Gasteiger partial charge in [0.15, 0.2) is 0 Å². The zero-order valence-electron chi connectivity index (χ0n) is 14.0. The van der Waals surface area contributed by atoms with Gasteiger partial charge >= 0.3 is 0 Å². The number of rotatable bonds is 6. The highest BCUT2D eigenvalue weighted by Crippen LogP contribution is 2.21. The van der Waals surface area contributed by atoms with E-state index in [9.17, 15) is 0 Å². The van der Waals surface area contributed by atoms with Crippen molar-refractivity contribution in [3.63, 3.8) is 0 Å². The van der Waals surface area contributed by atoms with Crippen molar-refractivity contribution >= 4 is 0 Å². The Morgan fingerprint density at radius 3 is 2.10 bits per heavy atom. The molecule has 0 aliphatic heterocycles. The molecular weight excluding hydrogens is 246 g/mol. The van der Waals surface area contributed by atoms with Crippen LogP contribution in [0.4, 0.5) is 0 Å². The maximum absolute atomic E-state index is 5.89. The van der Waals surface area contributed by atoms with Gasteiger partial charge in [0, 0.05) is 18.7 Å². The van der Waals surface area contributed by atoms with Crippen LogP contribution in [0.1, 0.15) is 59.4 Å². The van der Waals surface area contributed by atoms with Gasteiger partial charge in [-0.1, -0.05) is 30.3 Å². The van der Waals surface area contributed by atoms with Gasteiger partial charge in [-0.05, 0) is 59.4 Å². The summed E-state index contributed by atoms with van der Waals surface area (Å²) in [5, 5.41) is 3.61. The fraction of sp³-hybridized carbons (Fsp3) is 0.667. The number of ether oxygens (including phenoxy) is 1. The van der Waals surface area contributed by atoms with Crippen molar-refractivity contribution < 1.29 is 4.74 Å². The van der Waals surface area contributed by atoms with E-state index >= 15 is 0 Å². The van der Waals surface area contributed by atoms with E-state index in [4.69, 9.17) is 4.74 Å². The lowest BCUT2D eigenvalue weighted by molar-refractivity contribution is -0.00638. The minimum absolute atomic E-state index is 0.0569. The van der Waals surface area contributed by atoms with Crippen molar-refractivity contribution in [2.45, 2.75) is 65.0 Å². The summed E-state index contributed by atoms with van der Waals surface area (Å²) < 4.78 is 5.89. The first-order chi connectivity index (χ1) is 9.17. The fourth-order valence-corrected chi connectivity index (χ4v) is 2.05. The molecule has 0 fully saturated rings. The van der Waals surface area contributed by atoms with Gasteiger partial charge in [-0.2, -0.15) is 0 Å². The van der Waals surface area contributed by atoms with Crippen LogP contribution in [-0.2, 0) is 4.74 Å². The highest BCUT2D eigenvalue weighted by Gasteiger charge is 2.17. The van der Waals surface area contributed by atoms with Crippen LogP contribution in [-0.4, -0.2) is 24.3 Å². The highest BCUT2D eigenvalue weighted by molar-refractivity contribution is 5.20. The van der Waals surface area contributed by atoms with Crippen LogP contribution in [0.3, 0.4) is 0 Å². The van der Waals surface area contributed by atoms with Crippen LogP contribution < -0.4 is 5.32 Å². The van der Waals surface area contributed by atoms with Crippen LogP contribution in [0.15, 0.2) is 30.3 Å². The standard InChI is InChI=1S/C18H31NO/c1-17(2,3)19-14-16(12-13-20-18(4,5)6)15-10-8-7-9-11-15/h7-11,16,19H,12-14H2,1-6H3. The zero-order valence-corrected chi connectivity index (χ0v) is 14.0. The molecule has 0 saturated carbocycles. The Bertz CT molecular complexity index is 373.